The molecular weight excluding hydrogens is 496 g/mol. The minimum absolute atomic E-state index is 0.112. The van der Waals surface area contributed by atoms with Gasteiger partial charge in [-0.2, -0.15) is 0 Å². The zero-order chi connectivity index (χ0) is 27.1. The summed E-state index contributed by atoms with van der Waals surface area (Å²) in [6, 6.07) is 21.1. The zero-order valence-electron chi connectivity index (χ0n) is 22.5. The van der Waals surface area contributed by atoms with Gasteiger partial charge >= 0.3 is 0 Å². The lowest BCUT2D eigenvalue weighted by Crippen LogP contribution is -2.53. The molecule has 0 heterocycles. The number of ether oxygens (including phenoxy) is 1. The van der Waals surface area contributed by atoms with Gasteiger partial charge in [0.05, 0.1) is 0 Å². The van der Waals surface area contributed by atoms with Crippen molar-refractivity contribution in [1.29, 1.82) is 0 Å². The average molecular weight is 533 g/mol. The molecule has 1 saturated carbocycles. The number of nitrogens with zero attached hydrogens (tertiary/aromatic N) is 1. The molecule has 1 aliphatic rings. The van der Waals surface area contributed by atoms with Crippen molar-refractivity contribution >= 4 is 23.4 Å². The van der Waals surface area contributed by atoms with E-state index in [0.29, 0.717) is 23.7 Å². The average Bonchev–Trinajstić information content (AvgIpc) is 3.42. The summed E-state index contributed by atoms with van der Waals surface area (Å²) in [4.78, 5) is 29.2. The quantitative estimate of drug-likeness (QED) is 0.331. The first kappa shape index (κ1) is 27.7. The first-order valence-electron chi connectivity index (χ1n) is 13.4. The maximum absolute atomic E-state index is 13.8. The van der Waals surface area contributed by atoms with Gasteiger partial charge in [0, 0.05) is 24.0 Å². The van der Waals surface area contributed by atoms with Crippen LogP contribution in [0.25, 0.3) is 0 Å². The lowest BCUT2D eigenvalue weighted by atomic mass is 10.0. The third kappa shape index (κ3) is 7.38. The van der Waals surface area contributed by atoms with Crippen molar-refractivity contribution in [2.24, 2.45) is 0 Å². The fourth-order valence-electron chi connectivity index (χ4n) is 5.03. The Balaban J connectivity index is 1.61. The predicted molar refractivity (Wildman–Crippen MR) is 152 cm³/mol. The summed E-state index contributed by atoms with van der Waals surface area (Å²) >= 11 is 6.31. The fraction of sp³-hybridized carbons (Fsp3) is 0.375. The number of aryl methyl sites for hydroxylation is 3. The van der Waals surface area contributed by atoms with Crippen LogP contribution in [-0.4, -0.2) is 35.4 Å². The summed E-state index contributed by atoms with van der Waals surface area (Å²) < 4.78 is 5.95. The van der Waals surface area contributed by atoms with Crippen molar-refractivity contribution in [2.75, 3.05) is 6.61 Å². The molecule has 1 aliphatic carbocycles. The molecule has 3 aromatic rings. The Bertz CT molecular complexity index is 1210. The molecule has 2 amide bonds. The summed E-state index contributed by atoms with van der Waals surface area (Å²) in [5.74, 6) is 0.237. The van der Waals surface area contributed by atoms with E-state index in [1.165, 1.54) is 0 Å². The summed E-state index contributed by atoms with van der Waals surface area (Å²) in [5.41, 5.74) is 4.90. The van der Waals surface area contributed by atoms with Crippen LogP contribution in [0.15, 0.2) is 66.7 Å². The van der Waals surface area contributed by atoms with E-state index >= 15 is 0 Å². The molecule has 0 radical (unpaired) electrons. The molecule has 6 heteroatoms. The maximum Gasteiger partial charge on any atom is 0.261 e. The lowest BCUT2D eigenvalue weighted by Gasteiger charge is -2.32. The molecule has 1 atom stereocenters. The number of carbonyl (C=O) groups is 2. The molecule has 0 saturated heterocycles. The molecule has 3 aromatic carbocycles. The van der Waals surface area contributed by atoms with E-state index in [1.807, 2.05) is 87.5 Å². The summed E-state index contributed by atoms with van der Waals surface area (Å²) in [6.45, 7) is 6.00. The van der Waals surface area contributed by atoms with Crippen LogP contribution in [0.2, 0.25) is 5.02 Å². The first-order chi connectivity index (χ1) is 18.3. The Hall–Kier alpha value is -3.31. The molecule has 38 heavy (non-hydrogen) atoms. The Morgan fingerprint density at radius 3 is 2.21 bits per heavy atom. The number of amides is 2. The van der Waals surface area contributed by atoms with Crippen molar-refractivity contribution in [3.8, 4) is 5.75 Å². The van der Waals surface area contributed by atoms with Gasteiger partial charge in [0.2, 0.25) is 5.91 Å². The third-order valence-corrected chi connectivity index (χ3v) is 7.81. The van der Waals surface area contributed by atoms with Crippen molar-refractivity contribution in [3.05, 3.63) is 99.6 Å². The molecule has 0 aliphatic heterocycles. The highest BCUT2D eigenvalue weighted by Crippen LogP contribution is 2.26. The Kier molecular flexibility index (Phi) is 9.46. The SMILES string of the molecule is Cc1ccc(CN(C(=O)COc2cc(C)c(Cl)c(C)c2)[C@H](Cc2ccccc2)C(=O)NC2CCCC2)cc1. The van der Waals surface area contributed by atoms with E-state index in [4.69, 9.17) is 16.3 Å². The zero-order valence-corrected chi connectivity index (χ0v) is 23.3. The second-order valence-electron chi connectivity index (χ2n) is 10.4. The highest BCUT2D eigenvalue weighted by molar-refractivity contribution is 6.32. The van der Waals surface area contributed by atoms with Gasteiger partial charge in [0.25, 0.3) is 5.91 Å². The highest BCUT2D eigenvalue weighted by atomic mass is 35.5. The minimum Gasteiger partial charge on any atom is -0.484 e. The summed E-state index contributed by atoms with van der Waals surface area (Å²) in [5, 5.41) is 3.93. The van der Waals surface area contributed by atoms with Crippen LogP contribution in [0.1, 0.15) is 53.5 Å². The van der Waals surface area contributed by atoms with Crippen LogP contribution in [0.4, 0.5) is 0 Å². The second-order valence-corrected chi connectivity index (χ2v) is 10.7. The number of hydrogen-bond acceptors (Lipinski definition) is 3. The number of benzene rings is 3. The molecule has 0 bridgehead atoms. The van der Waals surface area contributed by atoms with Gasteiger partial charge in [-0.1, -0.05) is 84.6 Å². The van der Waals surface area contributed by atoms with E-state index in [1.54, 1.807) is 4.90 Å². The van der Waals surface area contributed by atoms with Gasteiger partial charge in [0.15, 0.2) is 6.61 Å². The van der Waals surface area contributed by atoms with Gasteiger partial charge in [-0.15, -0.1) is 0 Å². The van der Waals surface area contributed by atoms with Gasteiger partial charge in [0.1, 0.15) is 11.8 Å². The molecular formula is C32H37ClN2O3. The van der Waals surface area contributed by atoms with Crippen LogP contribution in [0.3, 0.4) is 0 Å². The molecule has 1 fully saturated rings. The van der Waals surface area contributed by atoms with Crippen LogP contribution in [0.5, 0.6) is 5.75 Å². The minimum atomic E-state index is -0.663. The van der Waals surface area contributed by atoms with E-state index in [-0.39, 0.29) is 24.5 Å². The van der Waals surface area contributed by atoms with E-state index in [0.717, 1.165) is 53.5 Å². The topological polar surface area (TPSA) is 58.6 Å². The smallest absolute Gasteiger partial charge is 0.261 e. The van der Waals surface area contributed by atoms with E-state index in [9.17, 15) is 9.59 Å². The number of rotatable bonds is 10. The first-order valence-corrected chi connectivity index (χ1v) is 13.8. The van der Waals surface area contributed by atoms with Gasteiger partial charge in [-0.25, -0.2) is 0 Å². The number of nitrogens with one attached hydrogen (secondary N) is 1. The Labute approximate surface area is 231 Å². The summed E-state index contributed by atoms with van der Waals surface area (Å²) in [7, 11) is 0. The Morgan fingerprint density at radius 2 is 1.58 bits per heavy atom. The van der Waals surface area contributed by atoms with Crippen LogP contribution >= 0.6 is 11.6 Å². The normalized spacial score (nSPS) is 14.2. The number of halogens is 1. The maximum atomic E-state index is 13.8. The largest absolute Gasteiger partial charge is 0.484 e. The Morgan fingerprint density at radius 1 is 0.947 bits per heavy atom. The molecule has 0 unspecified atom stereocenters. The van der Waals surface area contributed by atoms with Gasteiger partial charge in [-0.05, 0) is 68.0 Å². The van der Waals surface area contributed by atoms with Crippen LogP contribution < -0.4 is 10.1 Å². The standard InChI is InChI=1S/C32H37ClN2O3/c1-22-13-15-26(16-14-22)20-35(30(36)21-38-28-17-23(2)31(33)24(3)18-28)29(19-25-9-5-4-6-10-25)32(37)34-27-11-7-8-12-27/h4-6,9-10,13-18,27,29H,7-8,11-12,19-21H2,1-3H3,(H,34,37)/t29-/m1/s1. The number of carbonyl (C=O) groups excluding carboxylic acids is 2. The molecule has 0 spiro atoms. The van der Waals surface area contributed by atoms with Crippen LogP contribution in [0, 0.1) is 20.8 Å². The molecule has 1 N–H and O–H groups in total. The predicted octanol–water partition coefficient (Wildman–Crippen LogP) is 6.34. The monoisotopic (exact) mass is 532 g/mol. The van der Waals surface area contributed by atoms with E-state index in [2.05, 4.69) is 5.32 Å². The van der Waals surface area contributed by atoms with Crippen LogP contribution in [-0.2, 0) is 22.6 Å². The lowest BCUT2D eigenvalue weighted by molar-refractivity contribution is -0.143. The van der Waals surface area contributed by atoms with Crippen molar-refractivity contribution in [1.82, 2.24) is 10.2 Å². The van der Waals surface area contributed by atoms with Gasteiger partial charge in [-0.3, -0.25) is 9.59 Å². The van der Waals surface area contributed by atoms with Crippen molar-refractivity contribution < 1.29 is 14.3 Å². The second kappa shape index (κ2) is 13.0. The summed E-state index contributed by atoms with van der Waals surface area (Å²) in [6.07, 6.45) is 4.63. The molecule has 5 nitrogen and oxygen atoms in total. The fourth-order valence-corrected chi connectivity index (χ4v) is 5.14. The molecule has 200 valence electrons. The highest BCUT2D eigenvalue weighted by Gasteiger charge is 2.32. The number of hydrogen-bond donors (Lipinski definition) is 1. The third-order valence-electron chi connectivity index (χ3n) is 7.22. The molecule has 0 aromatic heterocycles. The molecule has 4 rings (SSSR count). The van der Waals surface area contributed by atoms with Gasteiger partial charge < -0.3 is 15.0 Å². The van der Waals surface area contributed by atoms with Crippen molar-refractivity contribution in [3.63, 3.8) is 0 Å². The van der Waals surface area contributed by atoms with Crippen molar-refractivity contribution in [2.45, 2.75) is 71.5 Å². The van der Waals surface area contributed by atoms with E-state index < -0.39 is 6.04 Å².